The summed E-state index contributed by atoms with van der Waals surface area (Å²) in [4.78, 5) is 0. The number of rotatable bonds is 3. The van der Waals surface area contributed by atoms with Crippen molar-refractivity contribution >= 4 is 42.6 Å². The highest BCUT2D eigenvalue weighted by atomic mass is 79.9. The molecule has 0 saturated carbocycles. The Morgan fingerprint density at radius 1 is 0.952 bits per heavy atom. The maximum Gasteiger partial charge on any atom is 0.134 e. The van der Waals surface area contributed by atoms with Crippen LogP contribution in [0.25, 0.3) is 10.8 Å². The van der Waals surface area contributed by atoms with Crippen LogP contribution < -0.4 is 4.74 Å². The number of halogens is 3. The number of hydrogen-bond acceptors (Lipinski definition) is 1. The van der Waals surface area contributed by atoms with Crippen LogP contribution in [0.2, 0.25) is 0 Å². The first-order valence-electron chi connectivity index (χ1n) is 6.39. The van der Waals surface area contributed by atoms with E-state index < -0.39 is 0 Å². The number of hydrogen-bond donors (Lipinski definition) is 0. The smallest absolute Gasteiger partial charge is 0.134 e. The standard InChI is InChI=1S/C17H11Br2FO/c18-13-6-7-15(20)12(9-13)10-21-16-8-5-11-3-1-2-4-14(11)17(16)19/h1-9H,10H2. The first-order chi connectivity index (χ1) is 10.1. The first kappa shape index (κ1) is 14.5. The fourth-order valence-electron chi connectivity index (χ4n) is 2.13. The Morgan fingerprint density at radius 2 is 1.76 bits per heavy atom. The van der Waals surface area contributed by atoms with Gasteiger partial charge in [-0.25, -0.2) is 4.39 Å². The van der Waals surface area contributed by atoms with E-state index in [0.29, 0.717) is 11.3 Å². The number of fused-ring (bicyclic) bond motifs is 1. The highest BCUT2D eigenvalue weighted by Crippen LogP contribution is 2.33. The van der Waals surface area contributed by atoms with E-state index in [1.54, 1.807) is 12.1 Å². The zero-order valence-corrected chi connectivity index (χ0v) is 14.1. The van der Waals surface area contributed by atoms with Crippen LogP contribution in [0.15, 0.2) is 63.5 Å². The van der Waals surface area contributed by atoms with E-state index in [1.807, 2.05) is 36.4 Å². The second-order valence-corrected chi connectivity index (χ2v) is 6.33. The van der Waals surface area contributed by atoms with Gasteiger partial charge in [0, 0.05) is 10.0 Å². The Kier molecular flexibility index (Phi) is 4.27. The van der Waals surface area contributed by atoms with Crippen molar-refractivity contribution in [1.29, 1.82) is 0 Å². The lowest BCUT2D eigenvalue weighted by Gasteiger charge is -2.11. The molecule has 0 spiro atoms. The molecule has 0 heterocycles. The molecule has 0 fully saturated rings. The minimum absolute atomic E-state index is 0.183. The molecule has 0 unspecified atom stereocenters. The molecule has 0 radical (unpaired) electrons. The fraction of sp³-hybridized carbons (Fsp3) is 0.0588. The molecule has 0 amide bonds. The van der Waals surface area contributed by atoms with Crippen LogP contribution in [0.1, 0.15) is 5.56 Å². The molecule has 0 atom stereocenters. The second-order valence-electron chi connectivity index (χ2n) is 4.62. The van der Waals surface area contributed by atoms with Gasteiger partial charge in [-0.2, -0.15) is 0 Å². The predicted molar refractivity (Wildman–Crippen MR) is 90.1 cm³/mol. The average molecular weight is 410 g/mol. The highest BCUT2D eigenvalue weighted by molar-refractivity contribution is 9.11. The zero-order valence-electron chi connectivity index (χ0n) is 10.9. The van der Waals surface area contributed by atoms with Gasteiger partial charge in [0.2, 0.25) is 0 Å². The Hall–Kier alpha value is -1.39. The van der Waals surface area contributed by atoms with Crippen molar-refractivity contribution in [3.63, 3.8) is 0 Å². The molecule has 21 heavy (non-hydrogen) atoms. The van der Waals surface area contributed by atoms with Gasteiger partial charge < -0.3 is 4.74 Å². The van der Waals surface area contributed by atoms with Gasteiger partial charge >= 0.3 is 0 Å². The van der Waals surface area contributed by atoms with Crippen LogP contribution in [0, 0.1) is 5.82 Å². The van der Waals surface area contributed by atoms with Crippen LogP contribution >= 0.6 is 31.9 Å². The third-order valence-electron chi connectivity index (χ3n) is 3.22. The van der Waals surface area contributed by atoms with Gasteiger partial charge in [-0.05, 0) is 51.0 Å². The molecule has 4 heteroatoms. The number of benzene rings is 3. The summed E-state index contributed by atoms with van der Waals surface area (Å²) in [6, 6.07) is 16.7. The minimum Gasteiger partial charge on any atom is -0.488 e. The summed E-state index contributed by atoms with van der Waals surface area (Å²) in [5.74, 6) is 0.434. The molecule has 0 N–H and O–H groups in total. The molecule has 106 valence electrons. The Bertz CT molecular complexity index is 802. The van der Waals surface area contributed by atoms with Gasteiger partial charge in [0.05, 0.1) is 4.47 Å². The van der Waals surface area contributed by atoms with Crippen molar-refractivity contribution in [3.05, 3.63) is 74.9 Å². The molecular formula is C17H11Br2FO. The van der Waals surface area contributed by atoms with Gasteiger partial charge in [-0.15, -0.1) is 0 Å². The van der Waals surface area contributed by atoms with Crippen molar-refractivity contribution in [1.82, 2.24) is 0 Å². The molecule has 0 aliphatic rings. The van der Waals surface area contributed by atoms with Gasteiger partial charge in [-0.3, -0.25) is 0 Å². The third kappa shape index (κ3) is 3.11. The maximum atomic E-state index is 13.7. The lowest BCUT2D eigenvalue weighted by molar-refractivity contribution is 0.298. The van der Waals surface area contributed by atoms with Gasteiger partial charge in [0.1, 0.15) is 18.2 Å². The van der Waals surface area contributed by atoms with Crippen LogP contribution in [0.4, 0.5) is 4.39 Å². The summed E-state index contributed by atoms with van der Waals surface area (Å²) in [6.07, 6.45) is 0. The van der Waals surface area contributed by atoms with Crippen LogP contribution in [0.5, 0.6) is 5.75 Å². The minimum atomic E-state index is -0.268. The molecular weight excluding hydrogens is 399 g/mol. The molecule has 0 aliphatic carbocycles. The van der Waals surface area contributed by atoms with E-state index in [9.17, 15) is 4.39 Å². The second kappa shape index (κ2) is 6.16. The topological polar surface area (TPSA) is 9.23 Å². The molecule has 0 bridgehead atoms. The SMILES string of the molecule is Fc1ccc(Br)cc1COc1ccc2ccccc2c1Br. The largest absolute Gasteiger partial charge is 0.488 e. The van der Waals surface area contributed by atoms with Crippen molar-refractivity contribution in [3.8, 4) is 5.75 Å². The van der Waals surface area contributed by atoms with E-state index >= 15 is 0 Å². The van der Waals surface area contributed by atoms with Crippen LogP contribution in [0.3, 0.4) is 0 Å². The van der Waals surface area contributed by atoms with Crippen molar-refractivity contribution < 1.29 is 9.13 Å². The lowest BCUT2D eigenvalue weighted by Crippen LogP contribution is -1.99. The maximum absolute atomic E-state index is 13.7. The van der Waals surface area contributed by atoms with Crippen molar-refractivity contribution in [2.75, 3.05) is 0 Å². The Labute approximate surface area is 139 Å². The van der Waals surface area contributed by atoms with Gasteiger partial charge in [0.15, 0.2) is 0 Å². The van der Waals surface area contributed by atoms with Crippen LogP contribution in [-0.4, -0.2) is 0 Å². The van der Waals surface area contributed by atoms with Crippen LogP contribution in [-0.2, 0) is 6.61 Å². The summed E-state index contributed by atoms with van der Waals surface area (Å²) >= 11 is 6.90. The zero-order chi connectivity index (χ0) is 14.8. The molecule has 0 saturated heterocycles. The highest BCUT2D eigenvalue weighted by Gasteiger charge is 2.08. The molecule has 3 aromatic rings. The molecule has 1 nitrogen and oxygen atoms in total. The molecule has 0 aromatic heterocycles. The molecule has 0 aliphatic heterocycles. The van der Waals surface area contributed by atoms with E-state index in [0.717, 1.165) is 19.7 Å². The Morgan fingerprint density at radius 3 is 2.62 bits per heavy atom. The fourth-order valence-corrected chi connectivity index (χ4v) is 3.15. The monoisotopic (exact) mass is 408 g/mol. The van der Waals surface area contributed by atoms with E-state index in [4.69, 9.17) is 4.74 Å². The van der Waals surface area contributed by atoms with E-state index in [-0.39, 0.29) is 12.4 Å². The summed E-state index contributed by atoms with van der Waals surface area (Å²) in [5.41, 5.74) is 0.518. The van der Waals surface area contributed by atoms with E-state index in [1.165, 1.54) is 6.07 Å². The summed E-state index contributed by atoms with van der Waals surface area (Å²) < 4.78 is 21.2. The number of ether oxygens (including phenoxy) is 1. The molecule has 3 rings (SSSR count). The summed E-state index contributed by atoms with van der Waals surface area (Å²) in [6.45, 7) is 0.183. The average Bonchev–Trinajstić information content (AvgIpc) is 2.50. The van der Waals surface area contributed by atoms with Gasteiger partial charge in [0.25, 0.3) is 0 Å². The van der Waals surface area contributed by atoms with Crippen molar-refractivity contribution in [2.24, 2.45) is 0 Å². The lowest BCUT2D eigenvalue weighted by atomic mass is 10.1. The Balaban J connectivity index is 1.88. The van der Waals surface area contributed by atoms with Gasteiger partial charge in [-0.1, -0.05) is 46.3 Å². The quantitative estimate of drug-likeness (QED) is 0.509. The summed E-state index contributed by atoms with van der Waals surface area (Å²) in [7, 11) is 0. The van der Waals surface area contributed by atoms with E-state index in [2.05, 4.69) is 31.9 Å². The third-order valence-corrected chi connectivity index (χ3v) is 4.53. The normalized spacial score (nSPS) is 10.8. The molecule has 3 aromatic carbocycles. The van der Waals surface area contributed by atoms with Crippen molar-refractivity contribution in [2.45, 2.75) is 6.61 Å². The summed E-state index contributed by atoms with van der Waals surface area (Å²) in [5, 5.41) is 2.20. The first-order valence-corrected chi connectivity index (χ1v) is 7.98. The predicted octanol–water partition coefficient (Wildman–Crippen LogP) is 6.08.